The summed E-state index contributed by atoms with van der Waals surface area (Å²) in [5.41, 5.74) is 0. The number of nitrogens with zero attached hydrogens (tertiary/aromatic N) is 2. The van der Waals surface area contributed by atoms with Crippen molar-refractivity contribution in [3.05, 3.63) is 18.2 Å². The Morgan fingerprint density at radius 3 is 1.48 bits per heavy atom. The van der Waals surface area contributed by atoms with E-state index in [0.29, 0.717) is 6.04 Å². The zero-order chi connectivity index (χ0) is 22.6. The van der Waals surface area contributed by atoms with Crippen LogP contribution in [0.2, 0.25) is 0 Å². The van der Waals surface area contributed by atoms with Crippen molar-refractivity contribution in [2.75, 3.05) is 0 Å². The second-order valence-corrected chi connectivity index (χ2v) is 10.2. The molecule has 0 saturated heterocycles. The summed E-state index contributed by atoms with van der Waals surface area (Å²) in [6, 6.07) is 0.573. The van der Waals surface area contributed by atoms with Crippen LogP contribution >= 0.6 is 0 Å². The standard InChI is InChI=1S/C29H57N2/c1-5-7-9-10-11-12-13-14-15-16-17-18-19-20-21-22-24-29-30(25-23-8-6-2)26-27-31(29)28(3)4/h26-28H,5-25H2,1-4H3/q+1. The molecule has 0 fully saturated rings. The van der Waals surface area contributed by atoms with Crippen LogP contribution in [0.15, 0.2) is 12.4 Å². The summed E-state index contributed by atoms with van der Waals surface area (Å²) in [4.78, 5) is 0. The number of rotatable bonds is 22. The van der Waals surface area contributed by atoms with Crippen LogP contribution in [0.25, 0.3) is 0 Å². The summed E-state index contributed by atoms with van der Waals surface area (Å²) in [6.07, 6.45) is 32.9. The van der Waals surface area contributed by atoms with Gasteiger partial charge in [0.25, 0.3) is 5.82 Å². The van der Waals surface area contributed by atoms with Crippen molar-refractivity contribution in [2.45, 2.75) is 169 Å². The van der Waals surface area contributed by atoms with Gasteiger partial charge in [-0.3, -0.25) is 0 Å². The van der Waals surface area contributed by atoms with Crippen molar-refractivity contribution < 1.29 is 4.57 Å². The molecule has 1 aromatic rings. The molecule has 0 amide bonds. The van der Waals surface area contributed by atoms with Crippen LogP contribution in [0.5, 0.6) is 0 Å². The van der Waals surface area contributed by atoms with E-state index in [1.165, 1.54) is 135 Å². The number of hydrogen-bond acceptors (Lipinski definition) is 0. The van der Waals surface area contributed by atoms with E-state index in [1.54, 1.807) is 5.82 Å². The first-order chi connectivity index (χ1) is 15.2. The molecule has 31 heavy (non-hydrogen) atoms. The summed E-state index contributed by atoms with van der Waals surface area (Å²) >= 11 is 0. The second-order valence-electron chi connectivity index (χ2n) is 10.2. The Kier molecular flexibility index (Phi) is 18.1. The van der Waals surface area contributed by atoms with E-state index in [-0.39, 0.29) is 0 Å². The van der Waals surface area contributed by atoms with E-state index in [1.807, 2.05) is 0 Å². The van der Waals surface area contributed by atoms with Crippen LogP contribution in [0, 0.1) is 0 Å². The molecule has 1 aromatic heterocycles. The van der Waals surface area contributed by atoms with Gasteiger partial charge in [0.15, 0.2) is 0 Å². The van der Waals surface area contributed by atoms with Gasteiger partial charge in [0.05, 0.1) is 12.6 Å². The van der Waals surface area contributed by atoms with Gasteiger partial charge in [-0.1, -0.05) is 117 Å². The first kappa shape index (κ1) is 28.2. The summed E-state index contributed by atoms with van der Waals surface area (Å²) < 4.78 is 5.03. The molecular weight excluding hydrogens is 376 g/mol. The van der Waals surface area contributed by atoms with Gasteiger partial charge in [-0.25, -0.2) is 9.13 Å². The van der Waals surface area contributed by atoms with Crippen molar-refractivity contribution in [3.63, 3.8) is 0 Å². The van der Waals surface area contributed by atoms with Crippen molar-refractivity contribution in [3.8, 4) is 0 Å². The lowest BCUT2D eigenvalue weighted by molar-refractivity contribution is -0.704. The highest BCUT2D eigenvalue weighted by Crippen LogP contribution is 2.15. The lowest BCUT2D eigenvalue weighted by Crippen LogP contribution is -2.37. The third-order valence-corrected chi connectivity index (χ3v) is 6.85. The van der Waals surface area contributed by atoms with E-state index in [9.17, 15) is 0 Å². The first-order valence-electron chi connectivity index (χ1n) is 14.3. The van der Waals surface area contributed by atoms with Crippen molar-refractivity contribution in [1.29, 1.82) is 0 Å². The smallest absolute Gasteiger partial charge is 0.234 e. The highest BCUT2D eigenvalue weighted by molar-refractivity contribution is 4.86. The minimum Gasteiger partial charge on any atom is -0.234 e. The maximum Gasteiger partial charge on any atom is 0.256 e. The number of aromatic nitrogens is 2. The lowest BCUT2D eigenvalue weighted by atomic mass is 10.0. The Labute approximate surface area is 196 Å². The second kappa shape index (κ2) is 19.9. The fourth-order valence-electron chi connectivity index (χ4n) is 4.78. The van der Waals surface area contributed by atoms with Gasteiger partial charge in [0, 0.05) is 6.42 Å². The zero-order valence-corrected chi connectivity index (χ0v) is 22.0. The highest BCUT2D eigenvalue weighted by Gasteiger charge is 2.18. The highest BCUT2D eigenvalue weighted by atomic mass is 15.2. The maximum atomic E-state index is 2.53. The topological polar surface area (TPSA) is 8.81 Å². The molecule has 1 heterocycles. The predicted octanol–water partition coefficient (Wildman–Crippen LogP) is 9.35. The third-order valence-electron chi connectivity index (χ3n) is 6.85. The van der Waals surface area contributed by atoms with Gasteiger partial charge in [-0.2, -0.15) is 0 Å². The van der Waals surface area contributed by atoms with E-state index in [2.05, 4.69) is 49.2 Å². The van der Waals surface area contributed by atoms with E-state index >= 15 is 0 Å². The van der Waals surface area contributed by atoms with Crippen LogP contribution < -0.4 is 4.57 Å². The Morgan fingerprint density at radius 2 is 1.03 bits per heavy atom. The minimum absolute atomic E-state index is 0.573. The Morgan fingerprint density at radius 1 is 0.613 bits per heavy atom. The molecule has 182 valence electrons. The Hall–Kier alpha value is -0.790. The molecule has 0 N–H and O–H groups in total. The number of imidazole rings is 1. The van der Waals surface area contributed by atoms with Gasteiger partial charge >= 0.3 is 0 Å². The van der Waals surface area contributed by atoms with Crippen LogP contribution in [-0.4, -0.2) is 4.57 Å². The fraction of sp³-hybridized carbons (Fsp3) is 0.897. The SMILES string of the molecule is CCCCCCCCCCCCCCCCCCc1n(C(C)C)cc[n+]1CCCCC. The Balaban J connectivity index is 2.01. The molecular formula is C29H57N2+. The van der Waals surface area contributed by atoms with Crippen LogP contribution in [0.3, 0.4) is 0 Å². The molecule has 0 radical (unpaired) electrons. The molecule has 1 rings (SSSR count). The predicted molar refractivity (Wildman–Crippen MR) is 138 cm³/mol. The molecule has 2 heteroatoms. The van der Waals surface area contributed by atoms with Crippen molar-refractivity contribution in [1.82, 2.24) is 4.57 Å². The zero-order valence-electron chi connectivity index (χ0n) is 22.0. The molecule has 0 bridgehead atoms. The maximum absolute atomic E-state index is 2.53. The van der Waals surface area contributed by atoms with Gasteiger partial charge in [0.1, 0.15) is 12.4 Å². The lowest BCUT2D eigenvalue weighted by Gasteiger charge is -2.08. The molecule has 0 unspecified atom stereocenters. The van der Waals surface area contributed by atoms with Gasteiger partial charge in [-0.05, 0) is 33.1 Å². The average molecular weight is 434 g/mol. The number of aryl methyl sites for hydroxylation is 1. The summed E-state index contributed by atoms with van der Waals surface area (Å²) in [7, 11) is 0. The first-order valence-corrected chi connectivity index (χ1v) is 14.3. The number of unbranched alkanes of at least 4 members (excludes halogenated alkanes) is 17. The quantitative estimate of drug-likeness (QED) is 0.127. The van der Waals surface area contributed by atoms with E-state index < -0.39 is 0 Å². The summed E-state index contributed by atoms with van der Waals surface area (Å²) in [5.74, 6) is 1.55. The molecule has 0 aliphatic carbocycles. The minimum atomic E-state index is 0.573. The van der Waals surface area contributed by atoms with Crippen LogP contribution in [0.4, 0.5) is 0 Å². The molecule has 0 aliphatic rings. The van der Waals surface area contributed by atoms with Gasteiger partial charge < -0.3 is 0 Å². The van der Waals surface area contributed by atoms with Crippen molar-refractivity contribution in [2.24, 2.45) is 0 Å². The Bertz CT molecular complexity index is 503. The van der Waals surface area contributed by atoms with Gasteiger partial charge in [-0.15, -0.1) is 0 Å². The monoisotopic (exact) mass is 433 g/mol. The average Bonchev–Trinajstić information content (AvgIpc) is 3.16. The molecule has 0 aromatic carbocycles. The van der Waals surface area contributed by atoms with E-state index in [0.717, 1.165) is 0 Å². The van der Waals surface area contributed by atoms with E-state index in [4.69, 9.17) is 0 Å². The van der Waals surface area contributed by atoms with Gasteiger partial charge in [0.2, 0.25) is 0 Å². The summed E-state index contributed by atoms with van der Waals surface area (Å²) in [5, 5.41) is 0. The molecule has 0 aliphatic heterocycles. The van der Waals surface area contributed by atoms with Crippen molar-refractivity contribution >= 4 is 0 Å². The third kappa shape index (κ3) is 14.1. The molecule has 0 spiro atoms. The summed E-state index contributed by atoms with van der Waals surface area (Å²) in [6.45, 7) is 10.4. The van der Waals surface area contributed by atoms with Crippen LogP contribution in [-0.2, 0) is 13.0 Å². The van der Waals surface area contributed by atoms with Crippen LogP contribution in [0.1, 0.15) is 162 Å². The molecule has 0 atom stereocenters. The molecule has 2 nitrogen and oxygen atoms in total. The normalized spacial score (nSPS) is 11.6. The largest absolute Gasteiger partial charge is 0.256 e. The fourth-order valence-corrected chi connectivity index (χ4v) is 4.78. The number of hydrogen-bond donors (Lipinski definition) is 0. The molecule has 0 saturated carbocycles.